The third kappa shape index (κ3) is 2.81. The minimum atomic E-state index is -0.414. The molecular weight excluding hydrogens is 406 g/mol. The van der Waals surface area contributed by atoms with Gasteiger partial charge in [0.05, 0.1) is 5.41 Å². The second-order valence-electron chi connectivity index (χ2n) is 14.2. The van der Waals surface area contributed by atoms with E-state index in [9.17, 15) is 10.0 Å². The highest BCUT2D eigenvalue weighted by Gasteiger charge is 2.71. The van der Waals surface area contributed by atoms with Gasteiger partial charge in [0, 0.05) is 5.71 Å². The van der Waals surface area contributed by atoms with Gasteiger partial charge < -0.3 is 0 Å². The Morgan fingerprint density at radius 3 is 2.36 bits per heavy atom. The molecule has 9 atom stereocenters. The fraction of sp³-hybridized carbons (Fsp3) is 0.833. The van der Waals surface area contributed by atoms with Crippen molar-refractivity contribution in [1.82, 2.24) is 5.48 Å². The van der Waals surface area contributed by atoms with Crippen molar-refractivity contribution in [3.05, 3.63) is 24.3 Å². The highest BCUT2D eigenvalue weighted by Crippen LogP contribution is 2.77. The van der Waals surface area contributed by atoms with Crippen molar-refractivity contribution in [3.63, 3.8) is 0 Å². The van der Waals surface area contributed by atoms with Gasteiger partial charge in [-0.2, -0.15) is 0 Å². The lowest BCUT2D eigenvalue weighted by atomic mass is 9.33. The van der Waals surface area contributed by atoms with E-state index in [1.165, 1.54) is 37.7 Å². The van der Waals surface area contributed by atoms with Crippen LogP contribution in [0, 0.1) is 56.7 Å². The molecule has 5 aliphatic carbocycles. The summed E-state index contributed by atoms with van der Waals surface area (Å²) >= 11 is 0. The Kier molecular flexibility index (Phi) is 5.17. The molecule has 4 saturated carbocycles. The molecule has 0 saturated heterocycles. The van der Waals surface area contributed by atoms with E-state index in [1.807, 2.05) is 0 Å². The van der Waals surface area contributed by atoms with Crippen molar-refractivity contribution < 1.29 is 15.7 Å². The van der Waals surface area contributed by atoms with Gasteiger partial charge in [-0.15, -0.1) is 0 Å². The van der Waals surface area contributed by atoms with Gasteiger partial charge in [0.15, 0.2) is 0 Å². The molecule has 3 nitrogen and oxygen atoms in total. The van der Waals surface area contributed by atoms with Crippen molar-refractivity contribution in [3.8, 4) is 0 Å². The molecule has 1 amide bonds. The summed E-state index contributed by atoms with van der Waals surface area (Å²) in [5.41, 5.74) is 4.10. The van der Waals surface area contributed by atoms with Crippen LogP contribution in [0.25, 0.3) is 0 Å². The number of fused-ring (bicyclic) bond motifs is 7. The lowest BCUT2D eigenvalue weighted by molar-refractivity contribution is -0.226. The predicted octanol–water partition coefficient (Wildman–Crippen LogP) is 8.30. The minimum Gasteiger partial charge on any atom is -0.289 e. The van der Waals surface area contributed by atoms with Gasteiger partial charge in [0.25, 0.3) is 0 Å². The number of rotatable bonds is 2. The fourth-order valence-corrected chi connectivity index (χ4v) is 11.3. The van der Waals surface area contributed by atoms with Crippen molar-refractivity contribution in [1.29, 1.82) is 0 Å². The van der Waals surface area contributed by atoms with Gasteiger partial charge in [-0.1, -0.05) is 58.9 Å². The summed E-state index contributed by atoms with van der Waals surface area (Å²) in [5.74, 6) is 2.60. The monoisotopic (exact) mass is 461 g/mol. The lowest BCUT2D eigenvalue weighted by Gasteiger charge is -2.72. The van der Waals surface area contributed by atoms with E-state index in [0.717, 1.165) is 37.5 Å². The van der Waals surface area contributed by atoms with Crippen LogP contribution in [0.15, 0.2) is 24.3 Å². The third-order valence-electron chi connectivity index (χ3n) is 12.9. The standard InChI is InChI=1S/C30H47NO2.4H2/c1-19(2)20-11-16-30(25(32)31-33)18-17-28(6)21(24(20)30)9-10-23-27(5)14-8-13-26(3,4)22(27)12-15-29(23,28)7;;;;/h8,13,20-24,33H,1,9-12,14-18H2,2-7H3,(H,31,32);4*1H/t20-,21+,22?,23+,24?,27-,28+,29+,30-;;;;/m0..../s1. The Morgan fingerprint density at radius 1 is 0.970 bits per heavy atom. The van der Waals surface area contributed by atoms with Crippen LogP contribution >= 0.6 is 0 Å². The molecule has 0 heterocycles. The van der Waals surface area contributed by atoms with E-state index in [4.69, 9.17) is 0 Å². The highest BCUT2D eigenvalue weighted by molar-refractivity contribution is 5.82. The molecule has 0 radical (unpaired) electrons. The number of amides is 1. The summed E-state index contributed by atoms with van der Waals surface area (Å²) in [4.78, 5) is 13.2. The summed E-state index contributed by atoms with van der Waals surface area (Å²) in [6.45, 7) is 19.3. The van der Waals surface area contributed by atoms with Crippen molar-refractivity contribution in [2.45, 2.75) is 99.3 Å². The minimum absolute atomic E-state index is 0. The van der Waals surface area contributed by atoms with Crippen LogP contribution in [0.4, 0.5) is 0 Å². The first-order valence-corrected chi connectivity index (χ1v) is 13.6. The molecular formula is C30H55NO2. The van der Waals surface area contributed by atoms with Gasteiger partial charge in [-0.3, -0.25) is 10.0 Å². The molecule has 0 spiro atoms. The molecule has 0 aromatic rings. The van der Waals surface area contributed by atoms with E-state index in [1.54, 1.807) is 0 Å². The fourth-order valence-electron chi connectivity index (χ4n) is 11.3. The molecule has 5 rings (SSSR count). The zero-order chi connectivity index (χ0) is 24.0. The number of hydrogen-bond donors (Lipinski definition) is 2. The summed E-state index contributed by atoms with van der Waals surface area (Å²) in [7, 11) is 0. The summed E-state index contributed by atoms with van der Waals surface area (Å²) in [6, 6.07) is 0. The van der Waals surface area contributed by atoms with Gasteiger partial charge in [-0.25, -0.2) is 5.48 Å². The Morgan fingerprint density at radius 2 is 1.70 bits per heavy atom. The largest absolute Gasteiger partial charge is 0.289 e. The maximum absolute atomic E-state index is 13.2. The van der Waals surface area contributed by atoms with Gasteiger partial charge in [0.1, 0.15) is 0 Å². The SMILES string of the molecule is C=C(C)[C@@H]1CC[C@]2(C(=O)NO)CC[C@]3(C)[C@H](CC[C@@H]4[C@@]5(C)CC=CC(C)(C)C5CC[C@]43C)C12.[HH].[HH].[HH].[HH]. The second kappa shape index (κ2) is 7.21. The van der Waals surface area contributed by atoms with Gasteiger partial charge >= 0.3 is 0 Å². The number of allylic oxidation sites excluding steroid dienone is 3. The predicted molar refractivity (Wildman–Crippen MR) is 142 cm³/mol. The van der Waals surface area contributed by atoms with Crippen molar-refractivity contribution in [2.75, 3.05) is 0 Å². The topological polar surface area (TPSA) is 49.3 Å². The molecule has 0 aromatic heterocycles. The quantitative estimate of drug-likeness (QED) is 0.247. The average Bonchev–Trinajstić information content (AvgIpc) is 3.14. The molecule has 33 heavy (non-hydrogen) atoms. The highest BCUT2D eigenvalue weighted by atomic mass is 16.5. The van der Waals surface area contributed by atoms with Crippen molar-refractivity contribution in [2.24, 2.45) is 56.7 Å². The zero-order valence-electron chi connectivity index (χ0n) is 22.0. The smallest absolute Gasteiger partial charge is 0.249 e. The summed E-state index contributed by atoms with van der Waals surface area (Å²) in [5, 5.41) is 9.74. The van der Waals surface area contributed by atoms with Crippen LogP contribution < -0.4 is 5.48 Å². The lowest BCUT2D eigenvalue weighted by Crippen LogP contribution is -2.66. The van der Waals surface area contributed by atoms with E-state index in [2.05, 4.69) is 65.8 Å². The number of carbonyl (C=O) groups excluding carboxylic acids is 1. The zero-order valence-corrected chi connectivity index (χ0v) is 22.0. The number of hydrogen-bond acceptors (Lipinski definition) is 2. The van der Waals surface area contributed by atoms with Gasteiger partial charge in [-0.05, 0) is 116 Å². The third-order valence-corrected chi connectivity index (χ3v) is 12.9. The van der Waals surface area contributed by atoms with Crippen LogP contribution in [0.2, 0.25) is 0 Å². The van der Waals surface area contributed by atoms with Crippen LogP contribution in [0.1, 0.15) is 105 Å². The average molecular weight is 462 g/mol. The first kappa shape index (κ1) is 23.6. The van der Waals surface area contributed by atoms with E-state index < -0.39 is 5.41 Å². The summed E-state index contributed by atoms with van der Waals surface area (Å²) < 4.78 is 0. The molecule has 0 aliphatic heterocycles. The van der Waals surface area contributed by atoms with E-state index in [0.29, 0.717) is 28.6 Å². The first-order chi connectivity index (χ1) is 15.4. The normalized spacial score (nSPS) is 52.2. The molecule has 0 aromatic carbocycles. The molecule has 192 valence electrons. The maximum Gasteiger partial charge on any atom is 0.249 e. The van der Waals surface area contributed by atoms with E-state index >= 15 is 0 Å². The Balaban J connectivity index is 0.00000171. The first-order valence-electron chi connectivity index (χ1n) is 13.6. The van der Waals surface area contributed by atoms with Crippen LogP contribution in [-0.4, -0.2) is 11.1 Å². The number of hydroxylamine groups is 1. The Hall–Kier alpha value is -1.09. The maximum atomic E-state index is 13.2. The molecule has 5 aliphatic rings. The second-order valence-corrected chi connectivity index (χ2v) is 14.2. The van der Waals surface area contributed by atoms with Crippen molar-refractivity contribution >= 4 is 5.91 Å². The molecule has 4 fully saturated rings. The van der Waals surface area contributed by atoms with Crippen LogP contribution in [0.5, 0.6) is 0 Å². The van der Waals surface area contributed by atoms with Crippen LogP contribution in [-0.2, 0) is 4.79 Å². The Bertz CT molecular complexity index is 908. The molecule has 2 N–H and O–H groups in total. The molecule has 2 unspecified atom stereocenters. The van der Waals surface area contributed by atoms with E-state index in [-0.39, 0.29) is 22.4 Å². The summed E-state index contributed by atoms with van der Waals surface area (Å²) in [6.07, 6.45) is 15.3. The number of nitrogens with one attached hydrogen (secondary N) is 1. The van der Waals surface area contributed by atoms with Gasteiger partial charge in [0.2, 0.25) is 5.91 Å². The van der Waals surface area contributed by atoms with Crippen LogP contribution in [0.3, 0.4) is 0 Å². The number of carbonyl (C=O) groups is 1. The Labute approximate surface area is 207 Å². The molecule has 0 bridgehead atoms. The molecule has 3 heteroatoms.